The van der Waals surface area contributed by atoms with Crippen molar-refractivity contribution in [2.75, 3.05) is 13.1 Å². The molecule has 0 saturated carbocycles. The zero-order chi connectivity index (χ0) is 13.0. The van der Waals surface area contributed by atoms with Gasteiger partial charge < -0.3 is 15.2 Å². The van der Waals surface area contributed by atoms with Crippen LogP contribution in [0.25, 0.3) is 0 Å². The molecule has 0 unspecified atom stereocenters. The van der Waals surface area contributed by atoms with Crippen molar-refractivity contribution in [3.8, 4) is 11.5 Å². The average Bonchev–Trinajstić information content (AvgIpc) is 2.34. The Morgan fingerprint density at radius 2 is 2.28 bits per heavy atom. The van der Waals surface area contributed by atoms with Crippen LogP contribution in [0, 0.1) is 5.92 Å². The summed E-state index contributed by atoms with van der Waals surface area (Å²) in [7, 11) is 0. The largest absolute Gasteiger partial charge is 0.508 e. The Kier molecular flexibility index (Phi) is 4.48. The van der Waals surface area contributed by atoms with E-state index in [0.29, 0.717) is 0 Å². The van der Waals surface area contributed by atoms with Gasteiger partial charge in [-0.1, -0.05) is 19.9 Å². The van der Waals surface area contributed by atoms with E-state index in [4.69, 9.17) is 4.74 Å². The van der Waals surface area contributed by atoms with E-state index in [1.807, 2.05) is 6.07 Å². The Bertz CT molecular complexity index is 390. The van der Waals surface area contributed by atoms with Crippen LogP contribution in [0.15, 0.2) is 18.2 Å². The lowest BCUT2D eigenvalue weighted by Crippen LogP contribution is -2.34. The van der Waals surface area contributed by atoms with Gasteiger partial charge >= 0.3 is 0 Å². The number of hydrogen-bond acceptors (Lipinski definition) is 3. The van der Waals surface area contributed by atoms with Crippen LogP contribution in [-0.2, 0) is 6.42 Å². The highest BCUT2D eigenvalue weighted by atomic mass is 16.5. The van der Waals surface area contributed by atoms with E-state index in [1.54, 1.807) is 12.1 Å². The molecule has 1 heterocycles. The van der Waals surface area contributed by atoms with Gasteiger partial charge in [0.15, 0.2) is 0 Å². The Morgan fingerprint density at radius 1 is 1.44 bits per heavy atom. The number of phenolic OH excluding ortho intramolecular Hbond substituents is 1. The summed E-state index contributed by atoms with van der Waals surface area (Å²) < 4.78 is 5.90. The van der Waals surface area contributed by atoms with Gasteiger partial charge in [0.05, 0.1) is 0 Å². The summed E-state index contributed by atoms with van der Waals surface area (Å²) in [5.74, 6) is 1.86. The molecule has 0 bridgehead atoms. The van der Waals surface area contributed by atoms with Gasteiger partial charge in [-0.15, -0.1) is 0 Å². The molecule has 0 radical (unpaired) electrons. The summed E-state index contributed by atoms with van der Waals surface area (Å²) >= 11 is 0. The monoisotopic (exact) mass is 249 g/mol. The number of benzene rings is 1. The van der Waals surface area contributed by atoms with Crippen LogP contribution in [0.1, 0.15) is 32.3 Å². The van der Waals surface area contributed by atoms with Crippen molar-refractivity contribution < 1.29 is 9.84 Å². The van der Waals surface area contributed by atoms with Gasteiger partial charge in [0, 0.05) is 12.6 Å². The molecule has 1 aromatic carbocycles. The number of rotatable bonds is 5. The van der Waals surface area contributed by atoms with Crippen LogP contribution in [-0.4, -0.2) is 24.3 Å². The second-order valence-corrected chi connectivity index (χ2v) is 5.46. The number of aromatic hydroxyl groups is 1. The third-order valence-electron chi connectivity index (χ3n) is 3.35. The van der Waals surface area contributed by atoms with Crippen molar-refractivity contribution in [3.05, 3.63) is 23.8 Å². The van der Waals surface area contributed by atoms with Gasteiger partial charge in [0.1, 0.15) is 17.6 Å². The SMILES string of the molecule is CC(C)CCNC[C@@H]1CCc2ccc(O)cc2O1. The van der Waals surface area contributed by atoms with E-state index < -0.39 is 0 Å². The molecule has 1 aromatic rings. The van der Waals surface area contributed by atoms with Crippen LogP contribution in [0.4, 0.5) is 0 Å². The number of aryl methyl sites for hydroxylation is 1. The Morgan fingerprint density at radius 3 is 3.06 bits per heavy atom. The van der Waals surface area contributed by atoms with Crippen LogP contribution >= 0.6 is 0 Å². The molecule has 1 aliphatic heterocycles. The molecular weight excluding hydrogens is 226 g/mol. The van der Waals surface area contributed by atoms with Crippen molar-refractivity contribution >= 4 is 0 Å². The number of ether oxygens (including phenoxy) is 1. The molecule has 3 heteroatoms. The lowest BCUT2D eigenvalue weighted by molar-refractivity contribution is 0.169. The minimum Gasteiger partial charge on any atom is -0.508 e. The maximum atomic E-state index is 9.45. The van der Waals surface area contributed by atoms with E-state index in [2.05, 4.69) is 19.2 Å². The number of fused-ring (bicyclic) bond motifs is 1. The normalized spacial score (nSPS) is 18.5. The van der Waals surface area contributed by atoms with E-state index in [9.17, 15) is 5.11 Å². The van der Waals surface area contributed by atoms with Crippen LogP contribution in [0.2, 0.25) is 0 Å². The predicted octanol–water partition coefficient (Wildman–Crippen LogP) is 2.72. The third kappa shape index (κ3) is 3.64. The standard InChI is InChI=1S/C15H23NO2/c1-11(2)7-8-16-10-14-6-4-12-3-5-13(17)9-15(12)18-14/h3,5,9,11,14,16-17H,4,6-8,10H2,1-2H3/t14-/m0/s1. The molecule has 3 nitrogen and oxygen atoms in total. The zero-order valence-electron chi connectivity index (χ0n) is 11.3. The molecule has 0 aromatic heterocycles. The van der Waals surface area contributed by atoms with Crippen molar-refractivity contribution in [1.82, 2.24) is 5.32 Å². The van der Waals surface area contributed by atoms with Gasteiger partial charge in [-0.05, 0) is 43.4 Å². The Balaban J connectivity index is 1.80. The zero-order valence-corrected chi connectivity index (χ0v) is 11.3. The van der Waals surface area contributed by atoms with Gasteiger partial charge in [-0.3, -0.25) is 0 Å². The van der Waals surface area contributed by atoms with Crippen molar-refractivity contribution in [1.29, 1.82) is 0 Å². The van der Waals surface area contributed by atoms with Crippen LogP contribution < -0.4 is 10.1 Å². The Labute approximate surface area is 109 Å². The van der Waals surface area contributed by atoms with Gasteiger partial charge in [-0.2, -0.15) is 0 Å². The van der Waals surface area contributed by atoms with Crippen molar-refractivity contribution in [3.63, 3.8) is 0 Å². The number of nitrogens with one attached hydrogen (secondary N) is 1. The fourth-order valence-corrected chi connectivity index (χ4v) is 2.21. The quantitative estimate of drug-likeness (QED) is 0.788. The molecule has 100 valence electrons. The van der Waals surface area contributed by atoms with E-state index in [0.717, 1.165) is 37.6 Å². The van der Waals surface area contributed by atoms with Gasteiger partial charge in [0.25, 0.3) is 0 Å². The fraction of sp³-hybridized carbons (Fsp3) is 0.600. The lowest BCUT2D eigenvalue weighted by Gasteiger charge is -2.26. The highest BCUT2D eigenvalue weighted by Gasteiger charge is 2.19. The highest BCUT2D eigenvalue weighted by molar-refractivity contribution is 5.41. The molecule has 0 amide bonds. The Hall–Kier alpha value is -1.22. The smallest absolute Gasteiger partial charge is 0.126 e. The maximum Gasteiger partial charge on any atom is 0.126 e. The first-order chi connectivity index (χ1) is 8.65. The molecule has 0 saturated heterocycles. The third-order valence-corrected chi connectivity index (χ3v) is 3.35. The first kappa shape index (κ1) is 13.2. The average molecular weight is 249 g/mol. The van der Waals surface area contributed by atoms with Crippen LogP contribution in [0.5, 0.6) is 11.5 Å². The number of phenols is 1. The summed E-state index contributed by atoms with van der Waals surface area (Å²) in [4.78, 5) is 0. The molecule has 18 heavy (non-hydrogen) atoms. The summed E-state index contributed by atoms with van der Waals surface area (Å²) in [6.45, 7) is 6.40. The molecule has 0 spiro atoms. The lowest BCUT2D eigenvalue weighted by atomic mass is 10.0. The maximum absolute atomic E-state index is 9.45. The summed E-state index contributed by atoms with van der Waals surface area (Å²) in [6.07, 6.45) is 3.51. The van der Waals surface area contributed by atoms with Crippen LogP contribution in [0.3, 0.4) is 0 Å². The summed E-state index contributed by atoms with van der Waals surface area (Å²) in [6, 6.07) is 5.39. The molecule has 1 atom stereocenters. The van der Waals surface area contributed by atoms with Crippen molar-refractivity contribution in [2.24, 2.45) is 5.92 Å². The number of hydrogen-bond donors (Lipinski definition) is 2. The summed E-state index contributed by atoms with van der Waals surface area (Å²) in [5.41, 5.74) is 1.20. The molecule has 0 aliphatic carbocycles. The minimum absolute atomic E-state index is 0.228. The molecule has 2 N–H and O–H groups in total. The summed E-state index contributed by atoms with van der Waals surface area (Å²) in [5, 5.41) is 12.9. The minimum atomic E-state index is 0.228. The second kappa shape index (κ2) is 6.10. The van der Waals surface area contributed by atoms with Gasteiger partial charge in [-0.25, -0.2) is 0 Å². The predicted molar refractivity (Wildman–Crippen MR) is 73.2 cm³/mol. The molecular formula is C15H23NO2. The van der Waals surface area contributed by atoms with E-state index in [1.165, 1.54) is 12.0 Å². The van der Waals surface area contributed by atoms with E-state index >= 15 is 0 Å². The topological polar surface area (TPSA) is 41.5 Å². The first-order valence-electron chi connectivity index (χ1n) is 6.84. The molecule has 0 fully saturated rings. The second-order valence-electron chi connectivity index (χ2n) is 5.46. The first-order valence-corrected chi connectivity index (χ1v) is 6.84. The van der Waals surface area contributed by atoms with Gasteiger partial charge in [0.2, 0.25) is 0 Å². The van der Waals surface area contributed by atoms with Crippen molar-refractivity contribution in [2.45, 2.75) is 39.2 Å². The fourth-order valence-electron chi connectivity index (χ4n) is 2.21. The van der Waals surface area contributed by atoms with E-state index in [-0.39, 0.29) is 11.9 Å². The highest BCUT2D eigenvalue weighted by Crippen LogP contribution is 2.30. The molecule has 2 rings (SSSR count). The molecule has 1 aliphatic rings.